The maximum absolute atomic E-state index is 12.4. The first kappa shape index (κ1) is 14.8. The minimum Gasteiger partial charge on any atom is -0.336 e. The van der Waals surface area contributed by atoms with Crippen LogP contribution in [-0.2, 0) is 17.8 Å². The number of rotatable bonds is 6. The van der Waals surface area contributed by atoms with E-state index in [1.165, 1.54) is 4.88 Å². The van der Waals surface area contributed by atoms with Gasteiger partial charge in [0.1, 0.15) is 0 Å². The molecule has 2 aromatic rings. The Kier molecular flexibility index (Phi) is 5.32. The molecular formula is C16H20N2OS. The van der Waals surface area contributed by atoms with Crippen molar-refractivity contribution in [2.45, 2.75) is 25.9 Å². The largest absolute Gasteiger partial charge is 0.336 e. The Labute approximate surface area is 124 Å². The number of hydrogen-bond donors (Lipinski definition) is 1. The summed E-state index contributed by atoms with van der Waals surface area (Å²) in [6, 6.07) is 13.5. The molecule has 0 radical (unpaired) electrons. The highest BCUT2D eigenvalue weighted by Gasteiger charge is 2.20. The van der Waals surface area contributed by atoms with Gasteiger partial charge in [0.05, 0.1) is 12.6 Å². The molecule has 2 rings (SSSR count). The van der Waals surface area contributed by atoms with Gasteiger partial charge in [-0.05, 0) is 30.4 Å². The van der Waals surface area contributed by atoms with E-state index in [1.807, 2.05) is 59.7 Å². The van der Waals surface area contributed by atoms with Crippen LogP contribution in [0.25, 0.3) is 0 Å². The maximum atomic E-state index is 12.4. The Balaban J connectivity index is 1.97. The van der Waals surface area contributed by atoms with Crippen molar-refractivity contribution < 1.29 is 4.79 Å². The molecule has 1 atom stereocenters. The van der Waals surface area contributed by atoms with Crippen LogP contribution in [0.3, 0.4) is 0 Å². The van der Waals surface area contributed by atoms with Crippen LogP contribution in [0.2, 0.25) is 0 Å². The lowest BCUT2D eigenvalue weighted by atomic mass is 10.1. The Morgan fingerprint density at radius 1 is 1.25 bits per heavy atom. The number of likely N-dealkylation sites (N-methyl/N-ethyl adjacent to an activating group) is 1. The molecule has 0 aliphatic rings. The number of benzene rings is 1. The summed E-state index contributed by atoms with van der Waals surface area (Å²) >= 11 is 1.67. The lowest BCUT2D eigenvalue weighted by Gasteiger charge is -2.24. The van der Waals surface area contributed by atoms with Crippen LogP contribution in [0.4, 0.5) is 0 Å². The summed E-state index contributed by atoms with van der Waals surface area (Å²) in [5.41, 5.74) is 7.16. The Bertz CT molecular complexity index is 525. The number of nitrogens with two attached hydrogens (primary N) is 1. The molecule has 3 nitrogen and oxygen atoms in total. The highest BCUT2D eigenvalue weighted by molar-refractivity contribution is 7.09. The van der Waals surface area contributed by atoms with Crippen molar-refractivity contribution in [1.82, 2.24) is 4.90 Å². The van der Waals surface area contributed by atoms with Crippen LogP contribution in [0.5, 0.6) is 0 Å². The third kappa shape index (κ3) is 3.92. The summed E-state index contributed by atoms with van der Waals surface area (Å²) in [6.45, 7) is 3.31. The first-order chi connectivity index (χ1) is 9.70. The van der Waals surface area contributed by atoms with Gasteiger partial charge in [-0.15, -0.1) is 11.3 Å². The van der Waals surface area contributed by atoms with Crippen molar-refractivity contribution in [2.24, 2.45) is 5.73 Å². The van der Waals surface area contributed by atoms with E-state index in [0.29, 0.717) is 19.5 Å². The van der Waals surface area contributed by atoms with Crippen molar-refractivity contribution in [3.8, 4) is 0 Å². The number of hydrogen-bond acceptors (Lipinski definition) is 3. The van der Waals surface area contributed by atoms with Crippen LogP contribution in [-0.4, -0.2) is 23.4 Å². The summed E-state index contributed by atoms with van der Waals surface area (Å²) in [5, 5.41) is 2.03. The van der Waals surface area contributed by atoms with Crippen LogP contribution < -0.4 is 5.73 Å². The lowest BCUT2D eigenvalue weighted by Crippen LogP contribution is -2.44. The van der Waals surface area contributed by atoms with E-state index in [2.05, 4.69) is 0 Å². The van der Waals surface area contributed by atoms with E-state index < -0.39 is 6.04 Å². The summed E-state index contributed by atoms with van der Waals surface area (Å²) < 4.78 is 0. The van der Waals surface area contributed by atoms with Gasteiger partial charge in [0.2, 0.25) is 5.91 Å². The van der Waals surface area contributed by atoms with E-state index in [1.54, 1.807) is 11.3 Å². The van der Waals surface area contributed by atoms with Crippen molar-refractivity contribution in [1.29, 1.82) is 0 Å². The quantitative estimate of drug-likeness (QED) is 0.888. The molecule has 0 unspecified atom stereocenters. The highest BCUT2D eigenvalue weighted by atomic mass is 32.1. The van der Waals surface area contributed by atoms with Gasteiger partial charge in [0, 0.05) is 11.4 Å². The zero-order valence-corrected chi connectivity index (χ0v) is 12.5. The summed E-state index contributed by atoms with van der Waals surface area (Å²) in [6.07, 6.45) is 0.584. The second-order valence-corrected chi connectivity index (χ2v) is 5.76. The topological polar surface area (TPSA) is 46.3 Å². The van der Waals surface area contributed by atoms with Gasteiger partial charge in [0.15, 0.2) is 0 Å². The van der Waals surface area contributed by atoms with E-state index in [0.717, 1.165) is 5.56 Å². The smallest absolute Gasteiger partial charge is 0.240 e. The first-order valence-electron chi connectivity index (χ1n) is 6.81. The zero-order valence-electron chi connectivity index (χ0n) is 11.7. The average molecular weight is 288 g/mol. The fraction of sp³-hybridized carbons (Fsp3) is 0.312. The summed E-state index contributed by atoms with van der Waals surface area (Å²) in [7, 11) is 0. The second kappa shape index (κ2) is 7.22. The number of nitrogens with zero attached hydrogens (tertiary/aromatic N) is 1. The highest BCUT2D eigenvalue weighted by Crippen LogP contribution is 2.13. The fourth-order valence-electron chi connectivity index (χ4n) is 2.13. The monoisotopic (exact) mass is 288 g/mol. The fourth-order valence-corrected chi connectivity index (χ4v) is 2.85. The molecule has 0 aliphatic heterocycles. The number of carbonyl (C=O) groups excluding carboxylic acids is 1. The van der Waals surface area contributed by atoms with Crippen LogP contribution >= 0.6 is 11.3 Å². The van der Waals surface area contributed by atoms with Crippen molar-refractivity contribution in [3.05, 3.63) is 58.3 Å². The molecule has 1 amide bonds. The van der Waals surface area contributed by atoms with E-state index >= 15 is 0 Å². The van der Waals surface area contributed by atoms with Crippen molar-refractivity contribution in [2.75, 3.05) is 6.54 Å². The van der Waals surface area contributed by atoms with Crippen LogP contribution in [0, 0.1) is 0 Å². The third-order valence-corrected chi connectivity index (χ3v) is 4.10. The molecule has 0 aliphatic carbocycles. The van der Waals surface area contributed by atoms with Gasteiger partial charge < -0.3 is 10.6 Å². The molecule has 2 N–H and O–H groups in total. The number of thiophene rings is 1. The normalized spacial score (nSPS) is 12.1. The molecule has 0 bridgehead atoms. The van der Waals surface area contributed by atoms with E-state index in [-0.39, 0.29) is 5.91 Å². The number of amides is 1. The maximum Gasteiger partial charge on any atom is 0.240 e. The van der Waals surface area contributed by atoms with Gasteiger partial charge in [-0.25, -0.2) is 0 Å². The second-order valence-electron chi connectivity index (χ2n) is 4.73. The van der Waals surface area contributed by atoms with Gasteiger partial charge in [0.25, 0.3) is 0 Å². The van der Waals surface area contributed by atoms with Gasteiger partial charge >= 0.3 is 0 Å². The minimum atomic E-state index is -0.475. The van der Waals surface area contributed by atoms with Crippen LogP contribution in [0.15, 0.2) is 47.8 Å². The van der Waals surface area contributed by atoms with Gasteiger partial charge in [-0.1, -0.05) is 36.4 Å². The molecule has 1 aromatic carbocycles. The Hall–Kier alpha value is -1.65. The summed E-state index contributed by atoms with van der Waals surface area (Å²) in [4.78, 5) is 15.4. The molecule has 4 heteroatoms. The molecule has 1 heterocycles. The predicted molar refractivity (Wildman–Crippen MR) is 83.5 cm³/mol. The minimum absolute atomic E-state index is 0.0183. The predicted octanol–water partition coefficient (Wildman–Crippen LogP) is 2.67. The molecule has 1 aromatic heterocycles. The van der Waals surface area contributed by atoms with E-state index in [4.69, 9.17) is 5.73 Å². The standard InChI is InChI=1S/C16H20N2OS/c1-2-18(12-14-9-6-10-20-14)16(19)15(17)11-13-7-4-3-5-8-13/h3-10,15H,2,11-12,17H2,1H3/t15-/m0/s1. The molecule has 20 heavy (non-hydrogen) atoms. The van der Waals surface area contributed by atoms with Crippen molar-refractivity contribution in [3.63, 3.8) is 0 Å². The zero-order chi connectivity index (χ0) is 14.4. The Morgan fingerprint density at radius 2 is 2.00 bits per heavy atom. The van der Waals surface area contributed by atoms with E-state index in [9.17, 15) is 4.79 Å². The first-order valence-corrected chi connectivity index (χ1v) is 7.69. The molecule has 106 valence electrons. The molecule has 0 saturated heterocycles. The van der Waals surface area contributed by atoms with Crippen LogP contribution in [0.1, 0.15) is 17.4 Å². The average Bonchev–Trinajstić information content (AvgIpc) is 2.98. The molecule has 0 saturated carbocycles. The summed E-state index contributed by atoms with van der Waals surface area (Å²) in [5.74, 6) is 0.0183. The Morgan fingerprint density at radius 3 is 2.60 bits per heavy atom. The molecule has 0 spiro atoms. The molecule has 0 fully saturated rings. The molecular weight excluding hydrogens is 268 g/mol. The number of carbonyl (C=O) groups is 1. The van der Waals surface area contributed by atoms with Crippen molar-refractivity contribution >= 4 is 17.2 Å². The van der Waals surface area contributed by atoms with Gasteiger partial charge in [-0.3, -0.25) is 4.79 Å². The SMILES string of the molecule is CCN(Cc1cccs1)C(=O)[C@@H](N)Cc1ccccc1. The lowest BCUT2D eigenvalue weighted by molar-refractivity contribution is -0.132. The van der Waals surface area contributed by atoms with Gasteiger partial charge in [-0.2, -0.15) is 0 Å². The third-order valence-electron chi connectivity index (χ3n) is 3.24.